The van der Waals surface area contributed by atoms with Crippen molar-refractivity contribution in [3.63, 3.8) is 0 Å². The number of hydrogen-bond donors (Lipinski definition) is 1. The monoisotopic (exact) mass is 491 g/mol. The molecule has 0 aromatic heterocycles. The molecule has 2 aliphatic rings. The van der Waals surface area contributed by atoms with Gasteiger partial charge in [-0.2, -0.15) is 0 Å². The number of piperazine rings is 1. The van der Waals surface area contributed by atoms with Crippen molar-refractivity contribution in [2.75, 3.05) is 36.4 Å². The minimum atomic E-state index is -0.374. The van der Waals surface area contributed by atoms with Crippen molar-refractivity contribution in [2.45, 2.75) is 5.92 Å². The second kappa shape index (κ2) is 9.54. The minimum absolute atomic E-state index is 0.163. The first-order valence-electron chi connectivity index (χ1n) is 12.5. The van der Waals surface area contributed by atoms with Crippen LogP contribution in [-0.2, 0) is 4.79 Å². The molecule has 5 nitrogen and oxygen atoms in total. The smallest absolute Gasteiger partial charge is 0.255 e. The third-order valence-corrected chi connectivity index (χ3v) is 7.27. The van der Waals surface area contributed by atoms with Gasteiger partial charge in [0.25, 0.3) is 5.91 Å². The molecule has 1 aliphatic carbocycles. The fraction of sp³-hybridized carbons (Fsp3) is 0.161. The van der Waals surface area contributed by atoms with Gasteiger partial charge in [-0.1, -0.05) is 48.5 Å². The molecule has 1 fully saturated rings. The molecule has 1 saturated heterocycles. The average Bonchev–Trinajstić information content (AvgIpc) is 3.28. The number of carbonyl (C=O) groups is 2. The Morgan fingerprint density at radius 1 is 0.703 bits per heavy atom. The number of anilines is 2. The van der Waals surface area contributed by atoms with Gasteiger partial charge in [0.15, 0.2) is 0 Å². The van der Waals surface area contributed by atoms with E-state index in [4.69, 9.17) is 0 Å². The fourth-order valence-corrected chi connectivity index (χ4v) is 5.35. The zero-order chi connectivity index (χ0) is 25.4. The molecule has 0 saturated carbocycles. The lowest BCUT2D eigenvalue weighted by atomic mass is 9.95. The van der Waals surface area contributed by atoms with Crippen LogP contribution in [0.3, 0.4) is 0 Å². The maximum absolute atomic E-state index is 13.7. The Balaban J connectivity index is 1.10. The molecule has 0 spiro atoms. The standard InChI is InChI=1S/C31H26FN3O2/c32-22-11-9-21(10-12-22)30(36)33-23-13-15-24(16-14-23)34-17-19-35(20-18-34)31(37)29-27-7-3-1-5-25(27)26-6-2-4-8-28(26)29/h1-16,29H,17-20H2,(H,33,36). The second-order valence-electron chi connectivity index (χ2n) is 9.43. The fourth-order valence-electron chi connectivity index (χ4n) is 5.35. The molecule has 184 valence electrons. The van der Waals surface area contributed by atoms with Crippen molar-refractivity contribution in [2.24, 2.45) is 0 Å². The quantitative estimate of drug-likeness (QED) is 0.408. The van der Waals surface area contributed by atoms with E-state index in [9.17, 15) is 14.0 Å². The molecule has 6 rings (SSSR count). The molecule has 4 aromatic carbocycles. The molecule has 0 radical (unpaired) electrons. The summed E-state index contributed by atoms with van der Waals surface area (Å²) in [7, 11) is 0. The lowest BCUT2D eigenvalue weighted by Crippen LogP contribution is -2.50. The summed E-state index contributed by atoms with van der Waals surface area (Å²) < 4.78 is 13.1. The van der Waals surface area contributed by atoms with Crippen molar-refractivity contribution < 1.29 is 14.0 Å². The lowest BCUT2D eigenvalue weighted by molar-refractivity contribution is -0.132. The van der Waals surface area contributed by atoms with E-state index >= 15 is 0 Å². The van der Waals surface area contributed by atoms with Crippen LogP contribution in [0.5, 0.6) is 0 Å². The summed E-state index contributed by atoms with van der Waals surface area (Å²) in [6.45, 7) is 2.79. The summed E-state index contributed by atoms with van der Waals surface area (Å²) >= 11 is 0. The zero-order valence-electron chi connectivity index (χ0n) is 20.2. The Bertz CT molecular complexity index is 1410. The Labute approximate surface area is 215 Å². The van der Waals surface area contributed by atoms with Gasteiger partial charge in [-0.05, 0) is 70.8 Å². The maximum Gasteiger partial charge on any atom is 0.255 e. The first-order chi connectivity index (χ1) is 18.1. The van der Waals surface area contributed by atoms with Crippen LogP contribution in [0.4, 0.5) is 15.8 Å². The maximum atomic E-state index is 13.7. The van der Waals surface area contributed by atoms with Gasteiger partial charge in [-0.15, -0.1) is 0 Å². The molecule has 2 amide bonds. The Morgan fingerprint density at radius 3 is 1.86 bits per heavy atom. The highest BCUT2D eigenvalue weighted by molar-refractivity contribution is 6.04. The molecule has 37 heavy (non-hydrogen) atoms. The molecule has 1 heterocycles. The van der Waals surface area contributed by atoms with Crippen LogP contribution in [0.15, 0.2) is 97.1 Å². The molecule has 1 N–H and O–H groups in total. The average molecular weight is 492 g/mol. The number of fused-ring (bicyclic) bond motifs is 3. The summed E-state index contributed by atoms with van der Waals surface area (Å²) in [5.41, 5.74) is 6.61. The van der Waals surface area contributed by atoms with E-state index in [1.54, 1.807) is 0 Å². The normalized spacial score (nSPS) is 14.7. The van der Waals surface area contributed by atoms with Gasteiger partial charge in [-0.25, -0.2) is 4.39 Å². The molecule has 6 heteroatoms. The molecular weight excluding hydrogens is 465 g/mol. The number of rotatable bonds is 4. The van der Waals surface area contributed by atoms with E-state index in [-0.39, 0.29) is 23.5 Å². The van der Waals surface area contributed by atoms with Crippen molar-refractivity contribution >= 4 is 23.2 Å². The van der Waals surface area contributed by atoms with Crippen LogP contribution < -0.4 is 10.2 Å². The van der Waals surface area contributed by atoms with Crippen LogP contribution in [-0.4, -0.2) is 42.9 Å². The van der Waals surface area contributed by atoms with Gasteiger partial charge in [0, 0.05) is 43.1 Å². The number of amides is 2. The van der Waals surface area contributed by atoms with Gasteiger partial charge in [0.2, 0.25) is 5.91 Å². The molecule has 0 atom stereocenters. The summed E-state index contributed by atoms with van der Waals surface area (Å²) in [5.74, 6) is -0.741. The van der Waals surface area contributed by atoms with E-state index < -0.39 is 0 Å². The van der Waals surface area contributed by atoms with Crippen molar-refractivity contribution in [3.8, 4) is 11.1 Å². The van der Waals surface area contributed by atoms with Gasteiger partial charge in [-0.3, -0.25) is 9.59 Å². The minimum Gasteiger partial charge on any atom is -0.368 e. The van der Waals surface area contributed by atoms with Crippen molar-refractivity contribution in [3.05, 3.63) is 120 Å². The van der Waals surface area contributed by atoms with Crippen molar-refractivity contribution in [1.82, 2.24) is 4.90 Å². The number of hydrogen-bond acceptors (Lipinski definition) is 3. The largest absolute Gasteiger partial charge is 0.368 e. The predicted octanol–water partition coefficient (Wildman–Crippen LogP) is 5.54. The summed E-state index contributed by atoms with van der Waals surface area (Å²) in [5, 5.41) is 2.84. The molecule has 0 unspecified atom stereocenters. The Morgan fingerprint density at radius 2 is 1.27 bits per heavy atom. The molecule has 1 aliphatic heterocycles. The van der Waals surface area contributed by atoms with Crippen LogP contribution in [0.1, 0.15) is 27.4 Å². The Kier molecular flexibility index (Phi) is 5.93. The third kappa shape index (κ3) is 4.35. The topological polar surface area (TPSA) is 52.7 Å². The lowest BCUT2D eigenvalue weighted by Gasteiger charge is -2.37. The number of nitrogens with zero attached hydrogens (tertiary/aromatic N) is 2. The van der Waals surface area contributed by atoms with Gasteiger partial charge < -0.3 is 15.1 Å². The predicted molar refractivity (Wildman–Crippen MR) is 143 cm³/mol. The van der Waals surface area contributed by atoms with Crippen LogP contribution in [0, 0.1) is 5.82 Å². The highest BCUT2D eigenvalue weighted by Gasteiger charge is 2.36. The first kappa shape index (κ1) is 23.0. The number of benzene rings is 4. The Hall–Kier alpha value is -4.45. The highest BCUT2D eigenvalue weighted by Crippen LogP contribution is 2.45. The highest BCUT2D eigenvalue weighted by atomic mass is 19.1. The van der Waals surface area contributed by atoms with E-state index in [1.165, 1.54) is 24.3 Å². The first-order valence-corrected chi connectivity index (χ1v) is 12.5. The van der Waals surface area contributed by atoms with Gasteiger partial charge >= 0.3 is 0 Å². The third-order valence-electron chi connectivity index (χ3n) is 7.27. The van der Waals surface area contributed by atoms with Crippen LogP contribution >= 0.6 is 0 Å². The summed E-state index contributed by atoms with van der Waals surface area (Å²) in [4.78, 5) is 30.3. The molecule has 0 bridgehead atoms. The number of halogens is 1. The molecular formula is C31H26FN3O2. The van der Waals surface area contributed by atoms with Crippen LogP contribution in [0.25, 0.3) is 11.1 Å². The van der Waals surface area contributed by atoms with E-state index in [0.717, 1.165) is 41.0 Å². The summed E-state index contributed by atoms with van der Waals surface area (Å²) in [6.07, 6.45) is 0. The number of nitrogens with one attached hydrogen (secondary N) is 1. The SMILES string of the molecule is O=C(Nc1ccc(N2CCN(C(=O)C3c4ccccc4-c4ccccc43)CC2)cc1)c1ccc(F)cc1. The van der Waals surface area contributed by atoms with Crippen molar-refractivity contribution in [1.29, 1.82) is 0 Å². The molecule has 4 aromatic rings. The zero-order valence-corrected chi connectivity index (χ0v) is 20.2. The number of carbonyl (C=O) groups excluding carboxylic acids is 2. The van der Waals surface area contributed by atoms with Crippen LogP contribution in [0.2, 0.25) is 0 Å². The van der Waals surface area contributed by atoms with E-state index in [1.807, 2.05) is 53.4 Å². The van der Waals surface area contributed by atoms with E-state index in [2.05, 4.69) is 34.5 Å². The van der Waals surface area contributed by atoms with E-state index in [0.29, 0.717) is 24.3 Å². The van der Waals surface area contributed by atoms with Gasteiger partial charge in [0.05, 0.1) is 5.92 Å². The second-order valence-corrected chi connectivity index (χ2v) is 9.43. The summed E-state index contributed by atoms with van der Waals surface area (Å²) in [6, 6.07) is 29.6. The van der Waals surface area contributed by atoms with Gasteiger partial charge in [0.1, 0.15) is 5.82 Å².